The maximum atomic E-state index is 12.9. The van der Waals surface area contributed by atoms with E-state index < -0.39 is 5.60 Å². The molecule has 0 bridgehead atoms. The monoisotopic (exact) mass is 297 g/mol. The number of aliphatic hydroxyl groups excluding tert-OH is 1. The van der Waals surface area contributed by atoms with E-state index in [1.54, 1.807) is 18.7 Å². The van der Waals surface area contributed by atoms with Gasteiger partial charge in [0.25, 0.3) is 5.91 Å². The van der Waals surface area contributed by atoms with Gasteiger partial charge in [-0.1, -0.05) is 0 Å². The van der Waals surface area contributed by atoms with Crippen LogP contribution in [0, 0.1) is 5.82 Å². The fourth-order valence-electron chi connectivity index (χ4n) is 2.26. The number of carbonyl (C=O) groups is 1. The van der Waals surface area contributed by atoms with Crippen LogP contribution in [-0.2, 0) is 9.53 Å². The number of nitrogens with zero attached hydrogens (tertiary/aromatic N) is 1. The predicted molar refractivity (Wildman–Crippen MR) is 74.5 cm³/mol. The lowest BCUT2D eigenvalue weighted by molar-refractivity contribution is -0.155. The number of amides is 1. The summed E-state index contributed by atoms with van der Waals surface area (Å²) in [6.45, 7) is 4.33. The summed E-state index contributed by atoms with van der Waals surface area (Å²) in [6, 6.07) is 5.16. The molecule has 1 unspecified atom stereocenters. The van der Waals surface area contributed by atoms with Crippen LogP contribution in [0.5, 0.6) is 5.75 Å². The van der Waals surface area contributed by atoms with Crippen molar-refractivity contribution < 1.29 is 23.8 Å². The molecule has 116 valence electrons. The van der Waals surface area contributed by atoms with Crippen molar-refractivity contribution in [2.24, 2.45) is 0 Å². The maximum Gasteiger partial charge on any atom is 0.266 e. The Balaban J connectivity index is 2.10. The summed E-state index contributed by atoms with van der Waals surface area (Å²) >= 11 is 0. The van der Waals surface area contributed by atoms with Gasteiger partial charge in [-0.2, -0.15) is 0 Å². The van der Waals surface area contributed by atoms with Gasteiger partial charge in [0, 0.05) is 6.54 Å². The van der Waals surface area contributed by atoms with Crippen molar-refractivity contribution in [3.63, 3.8) is 0 Å². The van der Waals surface area contributed by atoms with E-state index in [2.05, 4.69) is 0 Å². The molecule has 1 saturated heterocycles. The molecule has 0 spiro atoms. The second kappa shape index (κ2) is 6.41. The zero-order chi connectivity index (χ0) is 15.5. The second-order valence-electron chi connectivity index (χ2n) is 5.48. The first-order valence-electron chi connectivity index (χ1n) is 6.88. The van der Waals surface area contributed by atoms with E-state index >= 15 is 0 Å². The molecule has 1 N–H and O–H groups in total. The fraction of sp³-hybridized carbons (Fsp3) is 0.533. The van der Waals surface area contributed by atoms with E-state index in [0.717, 1.165) is 0 Å². The highest BCUT2D eigenvalue weighted by Crippen LogP contribution is 2.22. The normalized spacial score (nSPS) is 19.4. The zero-order valence-corrected chi connectivity index (χ0v) is 12.2. The quantitative estimate of drug-likeness (QED) is 0.907. The molecule has 6 heteroatoms. The average Bonchev–Trinajstić information content (AvgIpc) is 2.48. The molecule has 0 aromatic heterocycles. The molecule has 1 atom stereocenters. The molecule has 21 heavy (non-hydrogen) atoms. The van der Waals surface area contributed by atoms with Crippen LogP contribution in [0.2, 0.25) is 0 Å². The maximum absolute atomic E-state index is 12.9. The minimum atomic E-state index is -1.11. The summed E-state index contributed by atoms with van der Waals surface area (Å²) < 4.78 is 23.8. The van der Waals surface area contributed by atoms with E-state index in [9.17, 15) is 14.3 Å². The molecule has 0 aliphatic carbocycles. The lowest BCUT2D eigenvalue weighted by Crippen LogP contribution is -2.57. The Hall–Kier alpha value is -1.66. The largest absolute Gasteiger partial charge is 0.478 e. The first-order valence-corrected chi connectivity index (χ1v) is 6.88. The number of ether oxygens (including phenoxy) is 2. The van der Waals surface area contributed by atoms with Gasteiger partial charge < -0.3 is 19.5 Å². The molecule has 0 radical (unpaired) electrons. The van der Waals surface area contributed by atoms with Crippen LogP contribution in [0.15, 0.2) is 24.3 Å². The number of morpholine rings is 1. The van der Waals surface area contributed by atoms with Crippen molar-refractivity contribution in [3.05, 3.63) is 30.1 Å². The fourth-order valence-corrected chi connectivity index (χ4v) is 2.26. The molecule has 1 amide bonds. The number of benzene rings is 1. The van der Waals surface area contributed by atoms with Crippen molar-refractivity contribution in [2.45, 2.75) is 25.5 Å². The van der Waals surface area contributed by atoms with Gasteiger partial charge in [0.15, 0.2) is 5.60 Å². The third-order valence-corrected chi connectivity index (χ3v) is 3.40. The standard InChI is InChI=1S/C15H20FNO4/c1-15(2,21-13-5-3-11(16)4-6-13)14(19)17-7-8-20-10-12(17)9-18/h3-6,12,18H,7-10H2,1-2H3. The van der Waals surface area contributed by atoms with Gasteiger partial charge in [-0.25, -0.2) is 4.39 Å². The van der Waals surface area contributed by atoms with Crippen LogP contribution in [0.3, 0.4) is 0 Å². The molecular weight excluding hydrogens is 277 g/mol. The van der Waals surface area contributed by atoms with Crippen LogP contribution in [-0.4, -0.2) is 53.9 Å². The Morgan fingerprint density at radius 3 is 2.76 bits per heavy atom. The molecule has 1 aromatic rings. The summed E-state index contributed by atoms with van der Waals surface area (Å²) in [7, 11) is 0. The third-order valence-electron chi connectivity index (χ3n) is 3.40. The van der Waals surface area contributed by atoms with Crippen molar-refractivity contribution in [1.82, 2.24) is 4.90 Å². The molecule has 5 nitrogen and oxygen atoms in total. The lowest BCUT2D eigenvalue weighted by atomic mass is 10.1. The van der Waals surface area contributed by atoms with Crippen LogP contribution < -0.4 is 4.74 Å². The number of halogens is 1. The summed E-state index contributed by atoms with van der Waals surface area (Å²) in [6.07, 6.45) is 0. The highest BCUT2D eigenvalue weighted by Gasteiger charge is 2.38. The van der Waals surface area contributed by atoms with E-state index in [1.807, 2.05) is 0 Å². The highest BCUT2D eigenvalue weighted by atomic mass is 19.1. The van der Waals surface area contributed by atoms with Crippen molar-refractivity contribution in [2.75, 3.05) is 26.4 Å². The summed E-state index contributed by atoms with van der Waals surface area (Å²) in [5.41, 5.74) is -1.11. The highest BCUT2D eigenvalue weighted by molar-refractivity contribution is 5.85. The number of hydrogen-bond acceptors (Lipinski definition) is 4. The molecule has 2 rings (SSSR count). The molecule has 1 fully saturated rings. The van der Waals surface area contributed by atoms with Gasteiger partial charge in [0.05, 0.1) is 25.9 Å². The number of hydrogen-bond donors (Lipinski definition) is 1. The Morgan fingerprint density at radius 1 is 1.48 bits per heavy atom. The lowest BCUT2D eigenvalue weighted by Gasteiger charge is -2.39. The molecule has 1 aromatic carbocycles. The van der Waals surface area contributed by atoms with E-state index in [0.29, 0.717) is 25.5 Å². The van der Waals surface area contributed by atoms with E-state index in [-0.39, 0.29) is 24.4 Å². The Labute approximate surface area is 123 Å². The number of aliphatic hydroxyl groups is 1. The summed E-state index contributed by atoms with van der Waals surface area (Å²) in [4.78, 5) is 14.2. The number of rotatable bonds is 4. The molecule has 1 aliphatic heterocycles. The van der Waals surface area contributed by atoms with Gasteiger partial charge in [0.2, 0.25) is 0 Å². The average molecular weight is 297 g/mol. The van der Waals surface area contributed by atoms with Crippen LogP contribution in [0.1, 0.15) is 13.8 Å². The third kappa shape index (κ3) is 3.71. The van der Waals surface area contributed by atoms with Gasteiger partial charge in [-0.15, -0.1) is 0 Å². The molecular formula is C15H20FNO4. The van der Waals surface area contributed by atoms with Gasteiger partial charge in [-0.05, 0) is 38.1 Å². The Morgan fingerprint density at radius 2 is 2.14 bits per heavy atom. The van der Waals surface area contributed by atoms with Crippen LogP contribution >= 0.6 is 0 Å². The first-order chi connectivity index (χ1) is 9.94. The molecule has 1 heterocycles. The molecule has 1 aliphatic rings. The van der Waals surface area contributed by atoms with Gasteiger partial charge in [-0.3, -0.25) is 4.79 Å². The van der Waals surface area contributed by atoms with Crippen molar-refractivity contribution in [3.8, 4) is 5.75 Å². The second-order valence-corrected chi connectivity index (χ2v) is 5.48. The minimum Gasteiger partial charge on any atom is -0.478 e. The van der Waals surface area contributed by atoms with Gasteiger partial charge >= 0.3 is 0 Å². The topological polar surface area (TPSA) is 59.0 Å². The van der Waals surface area contributed by atoms with Crippen LogP contribution in [0.25, 0.3) is 0 Å². The SMILES string of the molecule is CC(C)(Oc1ccc(F)cc1)C(=O)N1CCOCC1CO. The van der Waals surface area contributed by atoms with Crippen molar-refractivity contribution in [1.29, 1.82) is 0 Å². The molecule has 0 saturated carbocycles. The first kappa shape index (κ1) is 15.7. The van der Waals surface area contributed by atoms with Crippen molar-refractivity contribution >= 4 is 5.91 Å². The van der Waals surface area contributed by atoms with E-state index in [4.69, 9.17) is 9.47 Å². The van der Waals surface area contributed by atoms with Crippen LogP contribution in [0.4, 0.5) is 4.39 Å². The Kier molecular flexibility index (Phi) is 4.80. The Bertz CT molecular complexity index is 489. The number of carbonyl (C=O) groups excluding carboxylic acids is 1. The zero-order valence-electron chi connectivity index (χ0n) is 12.2. The minimum absolute atomic E-state index is 0.154. The smallest absolute Gasteiger partial charge is 0.266 e. The van der Waals surface area contributed by atoms with Gasteiger partial charge in [0.1, 0.15) is 11.6 Å². The van der Waals surface area contributed by atoms with E-state index in [1.165, 1.54) is 24.3 Å². The summed E-state index contributed by atoms with van der Waals surface area (Å²) in [5, 5.41) is 9.34. The predicted octanol–water partition coefficient (Wildman–Crippen LogP) is 1.20. The summed E-state index contributed by atoms with van der Waals surface area (Å²) in [5.74, 6) is -0.169.